The molecule has 6 heterocycles. The van der Waals surface area contributed by atoms with Crippen LogP contribution in [0.1, 0.15) is 73.4 Å². The van der Waals surface area contributed by atoms with Crippen molar-refractivity contribution in [2.75, 3.05) is 60.6 Å². The van der Waals surface area contributed by atoms with E-state index in [0.717, 1.165) is 85.4 Å². The van der Waals surface area contributed by atoms with Crippen molar-refractivity contribution in [1.29, 1.82) is 0 Å². The summed E-state index contributed by atoms with van der Waals surface area (Å²) in [5.41, 5.74) is 3.63. The number of carbonyl (C=O) groups excluding carboxylic acids is 6. The summed E-state index contributed by atoms with van der Waals surface area (Å²) in [7, 11) is 5.63. The first kappa shape index (κ1) is 63.7. The molecule has 21 nitrogen and oxygen atoms in total. The number of rotatable bonds is 15. The first-order valence-electron chi connectivity index (χ1n) is 25.8. The van der Waals surface area contributed by atoms with Gasteiger partial charge in [0.2, 0.25) is 35.4 Å². The van der Waals surface area contributed by atoms with E-state index in [2.05, 4.69) is 47.4 Å². The fraction of sp³-hybridized carbons (Fsp3) is 0.310. The topological polar surface area (TPSA) is 280 Å². The number of amides is 6. The number of fused-ring (bicyclic) bond motifs is 9. The van der Waals surface area contributed by atoms with E-state index in [9.17, 15) is 28.8 Å². The van der Waals surface area contributed by atoms with Gasteiger partial charge in [0, 0.05) is 60.0 Å². The number of ether oxygens (including phenoxy) is 3. The standard InChI is InChI=1S/3C19H19N3O4.CH3.2ClH.W/c3*1-20-8-9-25-12-3-4-13-11(10-12)2-6-15-17(13)18(22-26-15)14-5-7-16(23)21-19(14)24;;;;/h3*2-4,6,10,14,20H,5,7-9H2,1H3,(H,21,23,24);1H3;2*1H;/q;;;-1;;;. The van der Waals surface area contributed by atoms with Crippen molar-refractivity contribution in [2.45, 2.75) is 56.3 Å². The molecule has 0 saturated carbocycles. The third-order valence-corrected chi connectivity index (χ3v) is 13.9. The van der Waals surface area contributed by atoms with Gasteiger partial charge in [-0.25, -0.2) is 0 Å². The van der Waals surface area contributed by atoms with Gasteiger partial charge < -0.3 is 51.2 Å². The Bertz CT molecular complexity index is 3390. The Kier molecular flexibility index (Phi) is 22.5. The molecule has 0 radical (unpaired) electrons. The Morgan fingerprint density at radius 1 is 0.451 bits per heavy atom. The van der Waals surface area contributed by atoms with Crippen molar-refractivity contribution in [3.05, 3.63) is 116 Å². The average molecular weight is 1330 g/mol. The number of hydrogen-bond donors (Lipinski definition) is 6. The maximum Gasteiger partial charge on any atom is 0.235 e. The molecule has 6 N–H and O–H groups in total. The average Bonchev–Trinajstić information content (AvgIpc) is 4.40. The van der Waals surface area contributed by atoms with Gasteiger partial charge >= 0.3 is 0 Å². The van der Waals surface area contributed by atoms with Gasteiger partial charge in [-0.2, -0.15) is 0 Å². The van der Waals surface area contributed by atoms with Crippen molar-refractivity contribution in [2.24, 2.45) is 0 Å². The quantitative estimate of drug-likeness (QED) is 0.0327. The van der Waals surface area contributed by atoms with Crippen molar-refractivity contribution >= 4 is 125 Å². The molecule has 24 heteroatoms. The van der Waals surface area contributed by atoms with Gasteiger partial charge in [-0.3, -0.25) is 44.7 Å². The molecule has 0 aliphatic carbocycles. The summed E-state index contributed by atoms with van der Waals surface area (Å²) in [6, 6.07) is 28.8. The van der Waals surface area contributed by atoms with Crippen LogP contribution in [-0.4, -0.2) is 112 Å². The second kappa shape index (κ2) is 28.9. The maximum atomic E-state index is 12.2. The predicted molar refractivity (Wildman–Crippen MR) is 309 cm³/mol. The normalized spacial score (nSPS) is 16.8. The van der Waals surface area contributed by atoms with Crippen LogP contribution in [0.25, 0.3) is 65.2 Å². The van der Waals surface area contributed by atoms with E-state index in [4.69, 9.17) is 27.8 Å². The van der Waals surface area contributed by atoms with Crippen LogP contribution in [0.2, 0.25) is 0 Å². The second-order valence-corrected chi connectivity index (χ2v) is 19.0. The van der Waals surface area contributed by atoms with E-state index < -0.39 is 17.8 Å². The number of hydrogen-bond acceptors (Lipinski definition) is 18. The van der Waals surface area contributed by atoms with Crippen LogP contribution in [0.3, 0.4) is 0 Å². The van der Waals surface area contributed by atoms with Gasteiger partial charge in [0.05, 0.1) is 33.9 Å². The predicted octanol–water partition coefficient (Wildman–Crippen LogP) is 7.59. The Balaban J connectivity index is 0.000000193. The molecule has 3 aliphatic heterocycles. The molecule has 3 saturated heterocycles. The molecular formula is C58H62Cl2N9O12W-. The van der Waals surface area contributed by atoms with Crippen LogP contribution in [0.5, 0.6) is 17.2 Å². The maximum absolute atomic E-state index is 12.2. The van der Waals surface area contributed by atoms with Gasteiger partial charge in [0.25, 0.3) is 0 Å². The molecule has 3 unspecified atom stereocenters. The molecule has 432 valence electrons. The fourth-order valence-corrected chi connectivity index (χ4v) is 9.98. The van der Waals surface area contributed by atoms with E-state index in [-0.39, 0.29) is 88.7 Å². The van der Waals surface area contributed by atoms with Crippen LogP contribution in [0.4, 0.5) is 0 Å². The molecule has 12 rings (SSSR count). The third-order valence-electron chi connectivity index (χ3n) is 13.9. The minimum atomic E-state index is -0.480. The zero-order valence-electron chi connectivity index (χ0n) is 45.3. The summed E-state index contributed by atoms with van der Waals surface area (Å²) in [5.74, 6) is -0.778. The zero-order chi connectivity index (χ0) is 54.3. The molecule has 3 fully saturated rings. The molecule has 0 bridgehead atoms. The van der Waals surface area contributed by atoms with Gasteiger partial charge in [-0.1, -0.05) is 33.7 Å². The number of benzene rings is 6. The summed E-state index contributed by atoms with van der Waals surface area (Å²) in [6.07, 6.45) is 2.23. The van der Waals surface area contributed by atoms with Crippen molar-refractivity contribution in [3.8, 4) is 17.2 Å². The summed E-state index contributed by atoms with van der Waals surface area (Å²) in [6.45, 7) is 4.05. The van der Waals surface area contributed by atoms with E-state index in [1.165, 1.54) is 0 Å². The van der Waals surface area contributed by atoms with Crippen LogP contribution in [-0.2, 0) is 49.8 Å². The first-order valence-corrected chi connectivity index (χ1v) is 25.8. The molecule has 82 heavy (non-hydrogen) atoms. The second-order valence-electron chi connectivity index (χ2n) is 19.0. The Morgan fingerprint density at radius 3 is 0.988 bits per heavy atom. The van der Waals surface area contributed by atoms with Crippen LogP contribution in [0.15, 0.2) is 105 Å². The van der Waals surface area contributed by atoms with Gasteiger partial charge in [-0.15, -0.1) is 24.8 Å². The minimum absolute atomic E-state index is 0. The Labute approximate surface area is 497 Å². The van der Waals surface area contributed by atoms with Gasteiger partial charge in [0.1, 0.15) is 54.2 Å². The van der Waals surface area contributed by atoms with Crippen molar-refractivity contribution in [3.63, 3.8) is 0 Å². The molecule has 0 spiro atoms. The number of nitrogens with zero attached hydrogens (tertiary/aromatic N) is 3. The number of nitrogens with one attached hydrogen (secondary N) is 6. The molecule has 3 aliphatic rings. The summed E-state index contributed by atoms with van der Waals surface area (Å²) in [5, 5.41) is 36.9. The molecule has 6 aromatic carbocycles. The SMILES string of the molecule is CNCCOc1ccc2c(ccc3onc(C4CCC(=O)NC4=O)c32)c1.CNCCOc1ccc2c(ccc3onc(C4CCC(=O)NC4=O)c32)c1.CNCCOc1ccc2c(ccc3onc(C4CCC(=O)NC4=O)c32)c1.Cl.Cl.[CH3-].[W]. The van der Waals surface area contributed by atoms with Crippen LogP contribution >= 0.6 is 24.8 Å². The van der Waals surface area contributed by atoms with E-state index >= 15 is 0 Å². The van der Waals surface area contributed by atoms with Crippen molar-refractivity contribution in [1.82, 2.24) is 47.4 Å². The number of aromatic nitrogens is 3. The number of likely N-dealkylation sites (N-methyl/N-ethyl adjacent to an activating group) is 3. The Morgan fingerprint density at radius 2 is 0.732 bits per heavy atom. The van der Waals surface area contributed by atoms with E-state index in [1.807, 2.05) is 112 Å². The summed E-state index contributed by atoms with van der Waals surface area (Å²) in [4.78, 5) is 71.0. The van der Waals surface area contributed by atoms with E-state index in [1.54, 1.807) is 0 Å². The number of imide groups is 3. The number of halogens is 2. The molecule has 9 aromatic rings. The largest absolute Gasteiger partial charge is 0.492 e. The minimum Gasteiger partial charge on any atom is -0.492 e. The molecular weight excluding hydrogens is 1270 g/mol. The monoisotopic (exact) mass is 1330 g/mol. The molecule has 3 aromatic heterocycles. The van der Waals surface area contributed by atoms with Gasteiger partial charge in [-0.05, 0) is 146 Å². The Hall–Kier alpha value is -7.52. The smallest absolute Gasteiger partial charge is 0.235 e. The number of carbonyl (C=O) groups is 6. The fourth-order valence-electron chi connectivity index (χ4n) is 9.98. The zero-order valence-corrected chi connectivity index (χ0v) is 49.9. The molecule has 3 atom stereocenters. The van der Waals surface area contributed by atoms with Crippen LogP contribution < -0.4 is 46.1 Å². The number of piperidine rings is 3. The van der Waals surface area contributed by atoms with Crippen molar-refractivity contribution < 1.29 is 77.6 Å². The summed E-state index contributed by atoms with van der Waals surface area (Å²) < 4.78 is 33.5. The summed E-state index contributed by atoms with van der Waals surface area (Å²) >= 11 is 0. The van der Waals surface area contributed by atoms with E-state index in [0.29, 0.717) is 92.2 Å². The van der Waals surface area contributed by atoms with Gasteiger partial charge in [0.15, 0.2) is 16.7 Å². The van der Waals surface area contributed by atoms with Crippen LogP contribution in [0, 0.1) is 7.43 Å². The first-order chi connectivity index (χ1) is 38.0. The third kappa shape index (κ3) is 13.9. The molecule has 6 amide bonds.